The molecule has 0 amide bonds. The molecule has 0 aromatic rings. The summed E-state index contributed by atoms with van der Waals surface area (Å²) in [5, 5.41) is 0. The van der Waals surface area contributed by atoms with Crippen LogP contribution in [-0.2, 0) is 9.47 Å². The first-order chi connectivity index (χ1) is 6.85. The van der Waals surface area contributed by atoms with Gasteiger partial charge in [0.1, 0.15) is 0 Å². The summed E-state index contributed by atoms with van der Waals surface area (Å²) in [5.74, 6) is 2.11. The molecule has 80 valence electrons. The van der Waals surface area contributed by atoms with Crippen LogP contribution in [-0.4, -0.2) is 19.5 Å². The Labute approximate surface area is 86.3 Å². The van der Waals surface area contributed by atoms with Gasteiger partial charge in [0.05, 0.1) is 0 Å². The molecule has 0 heterocycles. The fourth-order valence-electron chi connectivity index (χ4n) is 2.76. The number of fused-ring (bicyclic) bond motifs is 2. The van der Waals surface area contributed by atoms with E-state index in [0.29, 0.717) is 11.8 Å². The lowest BCUT2D eigenvalue weighted by Gasteiger charge is -2.27. The summed E-state index contributed by atoms with van der Waals surface area (Å²) in [6.45, 7) is 5.58. The second kappa shape index (κ2) is 4.45. The molecule has 3 atom stereocenters. The summed E-state index contributed by atoms with van der Waals surface area (Å²) < 4.78 is 11.3. The first kappa shape index (κ1) is 10.2. The number of ether oxygens (including phenoxy) is 2. The smallest absolute Gasteiger partial charge is 0.160 e. The quantitative estimate of drug-likeness (QED) is 0.497. The molecule has 0 radical (unpaired) electrons. The Balaban J connectivity index is 1.94. The SMILES string of the molecule is CCOC(OCC)C1C[C@H]2C=C[C@@H]1C2. The molecule has 2 nitrogen and oxygen atoms in total. The highest BCUT2D eigenvalue weighted by Crippen LogP contribution is 2.45. The molecule has 1 unspecified atom stereocenters. The molecule has 0 aromatic carbocycles. The molecule has 0 N–H and O–H groups in total. The minimum absolute atomic E-state index is 0.0324. The maximum absolute atomic E-state index is 5.66. The fourth-order valence-corrected chi connectivity index (χ4v) is 2.76. The van der Waals surface area contributed by atoms with Gasteiger partial charge in [0.15, 0.2) is 6.29 Å². The standard InChI is InChI=1S/C12H20O2/c1-3-13-12(14-4-2)11-8-9-5-6-10(11)7-9/h5-6,9-12H,3-4,7-8H2,1-2H3/t9-,10+,11?/m0/s1. The zero-order valence-electron chi connectivity index (χ0n) is 9.11. The van der Waals surface area contributed by atoms with Gasteiger partial charge in [0.25, 0.3) is 0 Å². The molecule has 1 saturated carbocycles. The molecule has 0 spiro atoms. The summed E-state index contributed by atoms with van der Waals surface area (Å²) in [4.78, 5) is 0. The van der Waals surface area contributed by atoms with Crippen molar-refractivity contribution in [2.45, 2.75) is 33.0 Å². The molecule has 2 heteroatoms. The Morgan fingerprint density at radius 1 is 1.14 bits per heavy atom. The molecule has 14 heavy (non-hydrogen) atoms. The predicted octanol–water partition coefficient (Wildman–Crippen LogP) is 2.60. The summed E-state index contributed by atoms with van der Waals surface area (Å²) in [7, 11) is 0. The lowest BCUT2D eigenvalue weighted by atomic mass is 9.93. The predicted molar refractivity (Wildman–Crippen MR) is 55.9 cm³/mol. The van der Waals surface area contributed by atoms with Crippen LogP contribution in [0.3, 0.4) is 0 Å². The summed E-state index contributed by atoms with van der Waals surface area (Å²) in [5.41, 5.74) is 0. The van der Waals surface area contributed by atoms with Crippen LogP contribution in [0.2, 0.25) is 0 Å². The van der Waals surface area contributed by atoms with E-state index in [4.69, 9.17) is 9.47 Å². The minimum atomic E-state index is 0.0324. The van der Waals surface area contributed by atoms with Crippen molar-refractivity contribution in [1.82, 2.24) is 0 Å². The van der Waals surface area contributed by atoms with Gasteiger partial charge in [-0.05, 0) is 38.5 Å². The van der Waals surface area contributed by atoms with Gasteiger partial charge < -0.3 is 9.47 Å². The third kappa shape index (κ3) is 1.86. The Morgan fingerprint density at radius 2 is 1.86 bits per heavy atom. The molecule has 1 fully saturated rings. The van der Waals surface area contributed by atoms with Crippen LogP contribution in [0.15, 0.2) is 12.2 Å². The van der Waals surface area contributed by atoms with Crippen LogP contribution in [0.25, 0.3) is 0 Å². The van der Waals surface area contributed by atoms with Crippen LogP contribution in [0, 0.1) is 17.8 Å². The molecule has 2 aliphatic rings. The Morgan fingerprint density at radius 3 is 2.29 bits per heavy atom. The second-order valence-corrected chi connectivity index (χ2v) is 4.22. The highest BCUT2D eigenvalue weighted by atomic mass is 16.7. The summed E-state index contributed by atoms with van der Waals surface area (Å²) in [6.07, 6.45) is 7.32. The molecule has 2 aliphatic carbocycles. The normalized spacial score (nSPS) is 34.6. The van der Waals surface area contributed by atoms with Gasteiger partial charge in [-0.2, -0.15) is 0 Å². The number of hydrogen-bond donors (Lipinski definition) is 0. The maximum Gasteiger partial charge on any atom is 0.160 e. The van der Waals surface area contributed by atoms with Crippen molar-refractivity contribution in [3.8, 4) is 0 Å². The average molecular weight is 196 g/mol. The highest BCUT2D eigenvalue weighted by molar-refractivity contribution is 5.10. The van der Waals surface area contributed by atoms with Crippen molar-refractivity contribution in [3.63, 3.8) is 0 Å². The van der Waals surface area contributed by atoms with Gasteiger partial charge in [-0.3, -0.25) is 0 Å². The van der Waals surface area contributed by atoms with Crippen molar-refractivity contribution in [2.75, 3.05) is 13.2 Å². The van der Waals surface area contributed by atoms with Crippen LogP contribution in [0.5, 0.6) is 0 Å². The van der Waals surface area contributed by atoms with Gasteiger partial charge >= 0.3 is 0 Å². The number of allylic oxidation sites excluding steroid dienone is 2. The lowest BCUT2D eigenvalue weighted by Crippen LogP contribution is -2.30. The monoisotopic (exact) mass is 196 g/mol. The van der Waals surface area contributed by atoms with Crippen molar-refractivity contribution in [2.24, 2.45) is 17.8 Å². The van der Waals surface area contributed by atoms with E-state index in [9.17, 15) is 0 Å². The Kier molecular flexibility index (Phi) is 3.24. The lowest BCUT2D eigenvalue weighted by molar-refractivity contribution is -0.171. The highest BCUT2D eigenvalue weighted by Gasteiger charge is 2.40. The van der Waals surface area contributed by atoms with Crippen LogP contribution in [0.4, 0.5) is 0 Å². The van der Waals surface area contributed by atoms with Crippen molar-refractivity contribution in [3.05, 3.63) is 12.2 Å². The Hall–Kier alpha value is -0.340. The Bertz CT molecular complexity index is 206. The van der Waals surface area contributed by atoms with Crippen molar-refractivity contribution >= 4 is 0 Å². The van der Waals surface area contributed by atoms with E-state index >= 15 is 0 Å². The van der Waals surface area contributed by atoms with Crippen molar-refractivity contribution in [1.29, 1.82) is 0 Å². The van der Waals surface area contributed by atoms with E-state index in [0.717, 1.165) is 19.1 Å². The number of rotatable bonds is 5. The molecule has 0 saturated heterocycles. The van der Waals surface area contributed by atoms with Crippen LogP contribution < -0.4 is 0 Å². The van der Waals surface area contributed by atoms with E-state index in [1.54, 1.807) is 0 Å². The van der Waals surface area contributed by atoms with Gasteiger partial charge in [-0.1, -0.05) is 12.2 Å². The number of hydrogen-bond acceptors (Lipinski definition) is 2. The van der Waals surface area contributed by atoms with Gasteiger partial charge in [-0.15, -0.1) is 0 Å². The molecule has 2 rings (SSSR count). The zero-order valence-corrected chi connectivity index (χ0v) is 9.11. The van der Waals surface area contributed by atoms with E-state index in [1.807, 2.05) is 13.8 Å². The largest absolute Gasteiger partial charge is 0.353 e. The zero-order chi connectivity index (χ0) is 9.97. The molecular weight excluding hydrogens is 176 g/mol. The van der Waals surface area contributed by atoms with E-state index in [1.165, 1.54) is 12.8 Å². The van der Waals surface area contributed by atoms with E-state index < -0.39 is 0 Å². The van der Waals surface area contributed by atoms with E-state index in [2.05, 4.69) is 12.2 Å². The molecule has 0 aliphatic heterocycles. The fraction of sp³-hybridized carbons (Fsp3) is 0.833. The molecule has 2 bridgehead atoms. The molecular formula is C12H20O2. The van der Waals surface area contributed by atoms with Crippen LogP contribution in [0.1, 0.15) is 26.7 Å². The topological polar surface area (TPSA) is 18.5 Å². The van der Waals surface area contributed by atoms with Crippen molar-refractivity contribution < 1.29 is 9.47 Å². The minimum Gasteiger partial charge on any atom is -0.353 e. The van der Waals surface area contributed by atoms with Gasteiger partial charge in [0, 0.05) is 19.1 Å². The third-order valence-corrected chi connectivity index (χ3v) is 3.34. The van der Waals surface area contributed by atoms with E-state index in [-0.39, 0.29) is 6.29 Å². The first-order valence-corrected chi connectivity index (χ1v) is 5.76. The van der Waals surface area contributed by atoms with Crippen LogP contribution >= 0.6 is 0 Å². The molecule has 0 aromatic heterocycles. The first-order valence-electron chi connectivity index (χ1n) is 5.76. The third-order valence-electron chi connectivity index (χ3n) is 3.34. The summed E-state index contributed by atoms with van der Waals surface area (Å²) in [6, 6.07) is 0. The maximum atomic E-state index is 5.66. The second-order valence-electron chi connectivity index (χ2n) is 4.22. The summed E-state index contributed by atoms with van der Waals surface area (Å²) >= 11 is 0. The van der Waals surface area contributed by atoms with Gasteiger partial charge in [-0.25, -0.2) is 0 Å². The average Bonchev–Trinajstić information content (AvgIpc) is 2.78. The van der Waals surface area contributed by atoms with Gasteiger partial charge in [0.2, 0.25) is 0 Å².